The van der Waals surface area contributed by atoms with Crippen LogP contribution in [0.15, 0.2) is 70.7 Å². The van der Waals surface area contributed by atoms with Crippen LogP contribution in [-0.4, -0.2) is 98.4 Å². The molecule has 2 aliphatic heterocycles. The van der Waals surface area contributed by atoms with Crippen molar-refractivity contribution < 1.29 is 33.9 Å². The monoisotopic (exact) mass is 832 g/mol. The summed E-state index contributed by atoms with van der Waals surface area (Å²) < 4.78 is 11.4. The number of phenolic OH excluding ortho intramolecular Hbond substituents is 1. The number of hydrogen-bond donors (Lipinski definition) is 5. The van der Waals surface area contributed by atoms with Crippen LogP contribution in [0, 0.1) is 18.8 Å². The Hall–Kier alpha value is -5.81. The molecule has 1 saturated carbocycles. The first-order chi connectivity index (χ1) is 28.7. The topological polar surface area (TPSA) is 205 Å². The van der Waals surface area contributed by atoms with E-state index in [0.29, 0.717) is 36.3 Å². The van der Waals surface area contributed by atoms with Gasteiger partial charge < -0.3 is 40.3 Å². The third-order valence-electron chi connectivity index (χ3n) is 11.9. The number of likely N-dealkylation sites (tertiary alicyclic amines) is 1. The van der Waals surface area contributed by atoms with Crippen molar-refractivity contribution in [3.63, 3.8) is 0 Å². The second-order valence-electron chi connectivity index (χ2n) is 17.1. The van der Waals surface area contributed by atoms with Gasteiger partial charge in [0.05, 0.1) is 34.4 Å². The lowest BCUT2D eigenvalue weighted by Crippen LogP contribution is -2.54. The number of aromatic hydroxyl groups is 1. The van der Waals surface area contributed by atoms with Crippen LogP contribution >= 0.6 is 11.3 Å². The first-order valence-electron chi connectivity index (χ1n) is 20.3. The maximum atomic E-state index is 14.2. The number of fused-ring (bicyclic) bond motifs is 1. The zero-order valence-electron chi connectivity index (χ0n) is 34.3. The summed E-state index contributed by atoms with van der Waals surface area (Å²) in [6.45, 7) is 8.05. The quantitative estimate of drug-likeness (QED) is 0.0847. The van der Waals surface area contributed by atoms with Crippen molar-refractivity contribution in [2.24, 2.45) is 11.8 Å². The number of nitrogens with zero attached hydrogens (tertiary/aromatic N) is 5. The normalized spacial score (nSPS) is 22.1. The van der Waals surface area contributed by atoms with Crippen molar-refractivity contribution in [1.82, 2.24) is 35.9 Å². The molecule has 0 radical (unpaired) electrons. The molecule has 17 heteroatoms. The van der Waals surface area contributed by atoms with E-state index in [1.54, 1.807) is 35.6 Å². The minimum atomic E-state index is -0.878. The molecule has 2 aromatic carbocycles. The van der Waals surface area contributed by atoms with Crippen LogP contribution in [0.3, 0.4) is 0 Å². The molecule has 0 bridgehead atoms. The Labute approximate surface area is 352 Å². The first kappa shape index (κ1) is 41.0. The number of benzene rings is 2. The molecule has 2 fully saturated rings. The lowest BCUT2D eigenvalue weighted by molar-refractivity contribution is -0.141. The molecule has 8 rings (SSSR count). The number of amides is 3. The zero-order valence-corrected chi connectivity index (χ0v) is 35.1. The molecule has 3 aliphatic rings. The van der Waals surface area contributed by atoms with Crippen molar-refractivity contribution in [3.8, 4) is 33.3 Å². The smallest absolute Gasteiger partial charge is 0.254 e. The third kappa shape index (κ3) is 8.20. The molecule has 1 aliphatic carbocycles. The predicted octanol–water partition coefficient (Wildman–Crippen LogP) is 3.90. The maximum absolute atomic E-state index is 14.2. The molecule has 312 valence electrons. The van der Waals surface area contributed by atoms with Gasteiger partial charge in [0.25, 0.3) is 5.88 Å². The Morgan fingerprint density at radius 1 is 1.12 bits per heavy atom. The summed E-state index contributed by atoms with van der Waals surface area (Å²) in [6, 6.07) is 17.7. The van der Waals surface area contributed by atoms with Gasteiger partial charge >= 0.3 is 0 Å². The molecule has 3 aromatic heterocycles. The number of aliphatic hydroxyl groups is 1. The van der Waals surface area contributed by atoms with E-state index in [0.717, 1.165) is 27.3 Å². The number of para-hydroxylation sites is 1. The van der Waals surface area contributed by atoms with E-state index >= 15 is 0 Å². The highest BCUT2D eigenvalue weighted by Gasteiger charge is 2.51. The Morgan fingerprint density at radius 3 is 2.60 bits per heavy atom. The van der Waals surface area contributed by atoms with Crippen LogP contribution in [0.4, 0.5) is 5.82 Å². The van der Waals surface area contributed by atoms with E-state index in [4.69, 9.17) is 9.26 Å². The van der Waals surface area contributed by atoms with Gasteiger partial charge in [-0.15, -0.1) is 21.5 Å². The molecule has 1 saturated heterocycles. The van der Waals surface area contributed by atoms with Gasteiger partial charge in [0, 0.05) is 47.1 Å². The van der Waals surface area contributed by atoms with Crippen LogP contribution in [0.25, 0.3) is 21.7 Å². The number of aliphatic hydroxyl groups excluding tert-OH is 1. The van der Waals surface area contributed by atoms with Crippen molar-refractivity contribution >= 4 is 42.7 Å². The van der Waals surface area contributed by atoms with Gasteiger partial charge in [0.1, 0.15) is 32.2 Å². The number of carbonyl (C=O) groups is 3. The predicted molar refractivity (Wildman–Crippen MR) is 227 cm³/mol. The molecule has 5 heterocycles. The average Bonchev–Trinajstić information content (AvgIpc) is 4.02. The number of anilines is 1. The second kappa shape index (κ2) is 16.3. The molecule has 1 spiro atoms. The number of carbonyl (C=O) groups excluding carboxylic acids is 3. The van der Waals surface area contributed by atoms with Crippen molar-refractivity contribution in [3.05, 3.63) is 88.8 Å². The van der Waals surface area contributed by atoms with Gasteiger partial charge in [-0.2, -0.15) is 0 Å². The minimum Gasteiger partial charge on any atom is -0.507 e. The number of ether oxygens (including phenoxy) is 1. The van der Waals surface area contributed by atoms with Gasteiger partial charge in [-0.05, 0) is 73.5 Å². The van der Waals surface area contributed by atoms with Crippen LogP contribution in [0.1, 0.15) is 68.5 Å². The van der Waals surface area contributed by atoms with E-state index in [9.17, 15) is 24.6 Å². The van der Waals surface area contributed by atoms with Gasteiger partial charge in [-0.3, -0.25) is 14.4 Å². The Kier molecular flexibility index (Phi) is 11.1. The summed E-state index contributed by atoms with van der Waals surface area (Å²) in [5.74, 6) is -0.630. The summed E-state index contributed by atoms with van der Waals surface area (Å²) in [5, 5.41) is 43.2. The van der Waals surface area contributed by atoms with E-state index in [1.807, 2.05) is 77.4 Å². The van der Waals surface area contributed by atoms with Gasteiger partial charge in [0.15, 0.2) is 11.6 Å². The third-order valence-corrected chi connectivity index (χ3v) is 12.9. The highest BCUT2D eigenvalue weighted by molar-refractivity contribution is 7.13. The molecule has 5 N–H and O–H groups in total. The zero-order chi connectivity index (χ0) is 42.3. The number of β-amino-alcohol motifs (C(OH)–C–C–N with tert-alkyl or cyclic N) is 1. The summed E-state index contributed by atoms with van der Waals surface area (Å²) in [7, 11) is 1.91. The van der Waals surface area contributed by atoms with Crippen LogP contribution in [0.2, 0.25) is 0 Å². The SMILES string of the molecule is BC(C)(NC(=O)[C@@H]1C[C@@H](O)CN1C(=O)C(c1cc(OCCNC(=O)[C@H]2C[C@]3(Cc4cc(-c5ccccc5O)nnc4N3)C2)no1)C(C)C)c1ccc(-c2scnc2C)cc1. The number of phenols is 1. The molecular weight excluding hydrogens is 783 g/mol. The summed E-state index contributed by atoms with van der Waals surface area (Å²) in [4.78, 5) is 47.9. The molecule has 60 heavy (non-hydrogen) atoms. The molecule has 4 atom stereocenters. The van der Waals surface area contributed by atoms with E-state index in [2.05, 4.69) is 36.3 Å². The Bertz CT molecular complexity index is 2400. The van der Waals surface area contributed by atoms with Crippen molar-refractivity contribution in [2.75, 3.05) is 25.0 Å². The van der Waals surface area contributed by atoms with Crippen molar-refractivity contribution in [2.45, 2.75) is 82.4 Å². The first-order valence-corrected chi connectivity index (χ1v) is 21.2. The summed E-state index contributed by atoms with van der Waals surface area (Å²) in [5.41, 5.74) is 5.95. The largest absolute Gasteiger partial charge is 0.507 e. The van der Waals surface area contributed by atoms with E-state index in [-0.39, 0.29) is 78.6 Å². The molecule has 5 aromatic rings. The van der Waals surface area contributed by atoms with Gasteiger partial charge in [-0.1, -0.05) is 50.2 Å². The maximum Gasteiger partial charge on any atom is 0.254 e. The summed E-state index contributed by atoms with van der Waals surface area (Å²) in [6.07, 6.45) is 1.27. The number of aryl methyl sites for hydroxylation is 1. The number of thiazole rings is 1. The lowest BCUT2D eigenvalue weighted by atomic mass is 9.66. The summed E-state index contributed by atoms with van der Waals surface area (Å²) >= 11 is 1.58. The fraction of sp³-hybridized carbons (Fsp3) is 0.419. The molecule has 3 amide bonds. The lowest BCUT2D eigenvalue weighted by Gasteiger charge is -2.44. The van der Waals surface area contributed by atoms with Gasteiger partial charge in [-0.25, -0.2) is 4.98 Å². The highest BCUT2D eigenvalue weighted by Crippen LogP contribution is 2.48. The standard InChI is InChI=1S/C43H49BN8O7S/c1-23(2)36(41(57)52-21-29(53)16-32(52)40(56)48-42(4,44)28-11-9-25(10-12-28)37-24(3)46-22-60-37)34-17-35(51-59-34)58-14-13-45-39(55)27-19-43(20-27)18-26-15-31(49-50-38(26)47-43)30-7-5-6-8-33(30)54/h5-12,15,17,22-23,27,29,32,36,53-54H,13-14,16,18-21,44H2,1-4H3,(H,45,55)(H,47,50)(H,48,56)/t27-,29-,32+,36?,42?,43+/m1/s1. The second-order valence-corrected chi connectivity index (χ2v) is 17.9. The van der Waals surface area contributed by atoms with Crippen LogP contribution < -0.4 is 20.7 Å². The molecular formula is C43H49BN8O7S. The highest BCUT2D eigenvalue weighted by atomic mass is 32.1. The number of aromatic nitrogens is 4. The van der Waals surface area contributed by atoms with E-state index in [1.165, 1.54) is 4.90 Å². The fourth-order valence-corrected chi connectivity index (χ4v) is 9.54. The number of hydrogen-bond acceptors (Lipinski definition) is 13. The Morgan fingerprint density at radius 2 is 1.88 bits per heavy atom. The minimum absolute atomic E-state index is 0.0143. The van der Waals surface area contributed by atoms with E-state index < -0.39 is 23.5 Å². The number of rotatable bonds is 13. The Balaban J connectivity index is 0.820. The number of nitrogens with one attached hydrogen (secondary N) is 3. The molecule has 15 nitrogen and oxygen atoms in total. The van der Waals surface area contributed by atoms with Gasteiger partial charge in [0.2, 0.25) is 17.7 Å². The average molecular weight is 833 g/mol. The van der Waals surface area contributed by atoms with Crippen molar-refractivity contribution in [1.29, 1.82) is 0 Å². The van der Waals surface area contributed by atoms with Crippen LogP contribution in [0.5, 0.6) is 11.6 Å². The fourth-order valence-electron chi connectivity index (χ4n) is 8.73. The molecule has 2 unspecified atom stereocenters. The van der Waals surface area contributed by atoms with Crippen LogP contribution in [-0.2, 0) is 26.2 Å².